The average molecular weight is 318 g/mol. The fourth-order valence-electron chi connectivity index (χ4n) is 3.30. The summed E-state index contributed by atoms with van der Waals surface area (Å²) in [5.41, 5.74) is 2.07. The average Bonchev–Trinajstić information content (AvgIpc) is 2.40. The third-order valence-corrected chi connectivity index (χ3v) is 4.41. The van der Waals surface area contributed by atoms with E-state index in [1.54, 1.807) is 11.0 Å². The molecule has 0 bridgehead atoms. The van der Waals surface area contributed by atoms with Gasteiger partial charge in [0.05, 0.1) is 0 Å². The van der Waals surface area contributed by atoms with Crippen LogP contribution in [0.2, 0.25) is 0 Å². The number of carbonyl (C=O) groups is 1. The minimum Gasteiger partial charge on any atom is -0.508 e. The van der Waals surface area contributed by atoms with E-state index in [1.165, 1.54) is 11.1 Å². The van der Waals surface area contributed by atoms with Crippen LogP contribution in [0.15, 0.2) is 18.2 Å². The molecule has 0 saturated carbocycles. The van der Waals surface area contributed by atoms with Gasteiger partial charge in [-0.25, -0.2) is 4.79 Å². The van der Waals surface area contributed by atoms with Crippen LogP contribution in [-0.4, -0.2) is 40.8 Å². The minimum absolute atomic E-state index is 0.239. The molecule has 23 heavy (non-hydrogen) atoms. The molecule has 0 spiro atoms. The summed E-state index contributed by atoms with van der Waals surface area (Å²) in [5, 5.41) is 13.4. The van der Waals surface area contributed by atoms with Gasteiger partial charge in [0.2, 0.25) is 0 Å². The Morgan fingerprint density at radius 1 is 1.35 bits per heavy atom. The SMILES string of the molecule is CC(C)(C)OC(=O)N1CC(NC2CCCc3ccc(O)cc32)C1. The smallest absolute Gasteiger partial charge is 0.410 e. The van der Waals surface area contributed by atoms with E-state index in [-0.39, 0.29) is 12.1 Å². The maximum absolute atomic E-state index is 12.0. The van der Waals surface area contributed by atoms with Crippen LogP contribution in [0, 0.1) is 0 Å². The quantitative estimate of drug-likeness (QED) is 0.880. The molecule has 1 fully saturated rings. The Bertz CT molecular complexity index is 588. The number of hydrogen-bond acceptors (Lipinski definition) is 4. The highest BCUT2D eigenvalue weighted by molar-refractivity contribution is 5.69. The van der Waals surface area contributed by atoms with E-state index < -0.39 is 5.60 Å². The molecule has 2 aliphatic rings. The molecule has 1 amide bonds. The Kier molecular flexibility index (Phi) is 4.23. The van der Waals surface area contributed by atoms with Gasteiger partial charge in [-0.15, -0.1) is 0 Å². The van der Waals surface area contributed by atoms with E-state index in [4.69, 9.17) is 4.74 Å². The number of phenols is 1. The number of nitrogens with zero attached hydrogens (tertiary/aromatic N) is 1. The van der Waals surface area contributed by atoms with Crippen LogP contribution in [-0.2, 0) is 11.2 Å². The lowest BCUT2D eigenvalue weighted by atomic mass is 9.86. The first-order chi connectivity index (χ1) is 10.8. The normalized spacial score (nSPS) is 21.5. The van der Waals surface area contributed by atoms with Gasteiger partial charge in [0, 0.05) is 25.2 Å². The van der Waals surface area contributed by atoms with Gasteiger partial charge in [-0.2, -0.15) is 0 Å². The van der Waals surface area contributed by atoms with Crippen LogP contribution >= 0.6 is 0 Å². The summed E-state index contributed by atoms with van der Waals surface area (Å²) in [6, 6.07) is 6.20. The maximum Gasteiger partial charge on any atom is 0.410 e. The van der Waals surface area contributed by atoms with E-state index in [0.717, 1.165) is 19.3 Å². The van der Waals surface area contributed by atoms with Crippen LogP contribution < -0.4 is 5.32 Å². The topological polar surface area (TPSA) is 61.8 Å². The van der Waals surface area contributed by atoms with Gasteiger partial charge in [0.15, 0.2) is 0 Å². The van der Waals surface area contributed by atoms with Crippen molar-refractivity contribution in [3.8, 4) is 5.75 Å². The van der Waals surface area contributed by atoms with Gasteiger partial charge in [-0.1, -0.05) is 6.07 Å². The molecule has 1 aliphatic heterocycles. The molecule has 0 aromatic heterocycles. The van der Waals surface area contributed by atoms with Gasteiger partial charge in [-0.05, 0) is 63.3 Å². The van der Waals surface area contributed by atoms with Gasteiger partial charge in [-0.3, -0.25) is 0 Å². The zero-order valence-electron chi connectivity index (χ0n) is 14.1. The molecule has 1 unspecified atom stereocenters. The highest BCUT2D eigenvalue weighted by Gasteiger charge is 2.35. The maximum atomic E-state index is 12.0. The number of ether oxygens (including phenoxy) is 1. The van der Waals surface area contributed by atoms with E-state index in [2.05, 4.69) is 5.32 Å². The molecule has 3 rings (SSSR count). The lowest BCUT2D eigenvalue weighted by Crippen LogP contribution is -2.61. The predicted molar refractivity (Wildman–Crippen MR) is 88.5 cm³/mol. The summed E-state index contributed by atoms with van der Waals surface area (Å²) in [4.78, 5) is 13.7. The molecule has 1 saturated heterocycles. The highest BCUT2D eigenvalue weighted by atomic mass is 16.6. The number of amides is 1. The zero-order chi connectivity index (χ0) is 16.6. The highest BCUT2D eigenvalue weighted by Crippen LogP contribution is 2.33. The van der Waals surface area contributed by atoms with Crippen molar-refractivity contribution in [1.82, 2.24) is 10.2 Å². The Hall–Kier alpha value is -1.75. The molecular weight excluding hydrogens is 292 g/mol. The summed E-state index contributed by atoms with van der Waals surface area (Å²) in [7, 11) is 0. The number of hydrogen-bond donors (Lipinski definition) is 2. The van der Waals surface area contributed by atoms with Crippen LogP contribution in [0.4, 0.5) is 4.79 Å². The van der Waals surface area contributed by atoms with Crippen molar-refractivity contribution in [3.05, 3.63) is 29.3 Å². The Balaban J connectivity index is 1.55. The Morgan fingerprint density at radius 3 is 2.78 bits per heavy atom. The van der Waals surface area contributed by atoms with Crippen molar-refractivity contribution in [2.24, 2.45) is 0 Å². The first-order valence-electron chi connectivity index (χ1n) is 8.37. The van der Waals surface area contributed by atoms with Gasteiger partial charge >= 0.3 is 6.09 Å². The molecular formula is C18H26N2O3. The van der Waals surface area contributed by atoms with Gasteiger partial charge < -0.3 is 20.1 Å². The van der Waals surface area contributed by atoms with E-state index in [0.29, 0.717) is 24.9 Å². The number of aromatic hydroxyl groups is 1. The summed E-state index contributed by atoms with van der Waals surface area (Å²) in [6.45, 7) is 7.00. The van der Waals surface area contributed by atoms with Crippen molar-refractivity contribution in [1.29, 1.82) is 0 Å². The van der Waals surface area contributed by atoms with Crippen LogP contribution in [0.3, 0.4) is 0 Å². The molecule has 5 nitrogen and oxygen atoms in total. The molecule has 1 aliphatic carbocycles. The van der Waals surface area contributed by atoms with Crippen LogP contribution in [0.25, 0.3) is 0 Å². The molecule has 126 valence electrons. The molecule has 2 N–H and O–H groups in total. The third kappa shape index (κ3) is 3.78. The molecule has 1 aromatic carbocycles. The van der Waals surface area contributed by atoms with Gasteiger partial charge in [0.25, 0.3) is 0 Å². The summed E-state index contributed by atoms with van der Waals surface area (Å²) in [6.07, 6.45) is 3.05. The number of benzene rings is 1. The molecule has 0 radical (unpaired) electrons. The molecule has 5 heteroatoms. The van der Waals surface area contributed by atoms with E-state index in [9.17, 15) is 9.90 Å². The largest absolute Gasteiger partial charge is 0.508 e. The lowest BCUT2D eigenvalue weighted by Gasteiger charge is -2.42. The minimum atomic E-state index is -0.449. The zero-order valence-corrected chi connectivity index (χ0v) is 14.1. The van der Waals surface area contributed by atoms with Crippen molar-refractivity contribution >= 4 is 6.09 Å². The molecule has 1 heterocycles. The number of fused-ring (bicyclic) bond motifs is 1. The first kappa shape index (κ1) is 16.1. The van der Waals surface area contributed by atoms with Crippen molar-refractivity contribution < 1.29 is 14.6 Å². The standard InChI is InChI=1S/C18H26N2O3/c1-18(2,3)23-17(22)20-10-13(11-20)19-16-6-4-5-12-7-8-14(21)9-15(12)16/h7-9,13,16,19,21H,4-6,10-11H2,1-3H3. The summed E-state index contributed by atoms with van der Waals surface area (Å²) < 4.78 is 5.38. The second-order valence-electron chi connectivity index (χ2n) is 7.58. The number of carbonyl (C=O) groups excluding carboxylic acids is 1. The first-order valence-corrected chi connectivity index (χ1v) is 8.37. The second kappa shape index (κ2) is 6.04. The molecule has 1 atom stereocenters. The van der Waals surface area contributed by atoms with Crippen molar-refractivity contribution in [2.75, 3.05) is 13.1 Å². The Labute approximate surface area is 137 Å². The third-order valence-electron chi connectivity index (χ3n) is 4.41. The predicted octanol–water partition coefficient (Wildman–Crippen LogP) is 2.98. The summed E-state index contributed by atoms with van der Waals surface area (Å²) >= 11 is 0. The van der Waals surface area contributed by atoms with Gasteiger partial charge in [0.1, 0.15) is 11.4 Å². The summed E-state index contributed by atoms with van der Waals surface area (Å²) in [5.74, 6) is 0.321. The number of nitrogens with one attached hydrogen (secondary N) is 1. The monoisotopic (exact) mass is 318 g/mol. The van der Waals surface area contributed by atoms with E-state index >= 15 is 0 Å². The number of aryl methyl sites for hydroxylation is 1. The fraction of sp³-hybridized carbons (Fsp3) is 0.611. The van der Waals surface area contributed by atoms with Crippen molar-refractivity contribution in [3.63, 3.8) is 0 Å². The Morgan fingerprint density at radius 2 is 2.09 bits per heavy atom. The van der Waals surface area contributed by atoms with E-state index in [1.807, 2.05) is 32.9 Å². The van der Waals surface area contributed by atoms with Crippen LogP contribution in [0.1, 0.15) is 50.8 Å². The second-order valence-corrected chi connectivity index (χ2v) is 7.58. The number of phenolic OH excluding ortho intramolecular Hbond substituents is 1. The van der Waals surface area contributed by atoms with Crippen LogP contribution in [0.5, 0.6) is 5.75 Å². The number of likely N-dealkylation sites (tertiary alicyclic amines) is 1. The number of rotatable bonds is 2. The lowest BCUT2D eigenvalue weighted by molar-refractivity contribution is 0.00391. The fourth-order valence-corrected chi connectivity index (χ4v) is 3.30. The molecule has 1 aromatic rings. The van der Waals surface area contributed by atoms with Crippen molar-refractivity contribution in [2.45, 2.75) is 57.7 Å².